The van der Waals surface area contributed by atoms with Gasteiger partial charge >= 0.3 is 12.1 Å². The number of hydrogen-bond acceptors (Lipinski definition) is 7. The van der Waals surface area contributed by atoms with Gasteiger partial charge in [-0.2, -0.15) is 13.2 Å². The van der Waals surface area contributed by atoms with Crippen LogP contribution in [-0.2, 0) is 20.4 Å². The van der Waals surface area contributed by atoms with E-state index in [0.717, 1.165) is 12.1 Å². The minimum Gasteiger partial charge on any atom is -0.496 e. The molecule has 0 spiro atoms. The molecule has 2 aromatic carbocycles. The number of nitrogens with one attached hydrogen (secondary N) is 1. The molecule has 174 valence electrons. The van der Waals surface area contributed by atoms with Gasteiger partial charge in [0.25, 0.3) is 5.91 Å². The maximum Gasteiger partial charge on any atom is 0.416 e. The van der Waals surface area contributed by atoms with Gasteiger partial charge in [-0.05, 0) is 24.3 Å². The van der Waals surface area contributed by atoms with Crippen LogP contribution in [0.3, 0.4) is 0 Å². The molecule has 0 fully saturated rings. The molecule has 2 rings (SSSR count). The van der Waals surface area contributed by atoms with Crippen LogP contribution in [0.25, 0.3) is 0 Å². The van der Waals surface area contributed by atoms with E-state index in [1.54, 1.807) is 0 Å². The van der Waals surface area contributed by atoms with Crippen LogP contribution in [-0.4, -0.2) is 45.9 Å². The number of nitrogen functional groups attached to an aromatic ring is 1. The second-order valence-electron chi connectivity index (χ2n) is 6.25. The Balaban J connectivity index is 2.13. The van der Waals surface area contributed by atoms with Crippen LogP contribution in [0.2, 0.25) is 5.02 Å². The molecule has 3 N–H and O–H groups in total. The first-order chi connectivity index (χ1) is 15.1. The fourth-order valence-electron chi connectivity index (χ4n) is 2.46. The average molecular weight is 477 g/mol. The number of nitrogens with two attached hydrogens (primary N) is 1. The van der Waals surface area contributed by atoms with Gasteiger partial charge in [0, 0.05) is 13.2 Å². The molecule has 12 heteroatoms. The van der Waals surface area contributed by atoms with Crippen molar-refractivity contribution in [2.24, 2.45) is 0 Å². The van der Waals surface area contributed by atoms with Crippen LogP contribution >= 0.6 is 11.6 Å². The third-order valence-electron chi connectivity index (χ3n) is 4.00. The number of halogens is 4. The van der Waals surface area contributed by atoms with Crippen molar-refractivity contribution in [1.82, 2.24) is 0 Å². The lowest BCUT2D eigenvalue weighted by Crippen LogP contribution is -2.22. The summed E-state index contributed by atoms with van der Waals surface area (Å²) in [4.78, 5) is 24.5. The van der Waals surface area contributed by atoms with E-state index in [9.17, 15) is 22.8 Å². The van der Waals surface area contributed by atoms with Gasteiger partial charge < -0.3 is 30.0 Å². The van der Waals surface area contributed by atoms with Gasteiger partial charge in [0.1, 0.15) is 23.7 Å². The summed E-state index contributed by atoms with van der Waals surface area (Å²) in [6.07, 6.45) is -4.64. The summed E-state index contributed by atoms with van der Waals surface area (Å²) < 4.78 is 59.3. The van der Waals surface area contributed by atoms with Crippen molar-refractivity contribution in [2.75, 3.05) is 45.1 Å². The third-order valence-corrected chi connectivity index (χ3v) is 4.33. The quantitative estimate of drug-likeness (QED) is 0.322. The lowest BCUT2D eigenvalue weighted by molar-refractivity contribution is -0.137. The fourth-order valence-corrected chi connectivity index (χ4v) is 2.62. The Morgan fingerprint density at radius 2 is 1.81 bits per heavy atom. The normalized spacial score (nSPS) is 11.1. The highest BCUT2D eigenvalue weighted by molar-refractivity contribution is 6.33. The number of carbonyl (C=O) groups is 2. The number of rotatable bonds is 9. The van der Waals surface area contributed by atoms with Crippen molar-refractivity contribution in [3.8, 4) is 11.5 Å². The van der Waals surface area contributed by atoms with E-state index < -0.39 is 30.2 Å². The average Bonchev–Trinajstić information content (AvgIpc) is 2.74. The van der Waals surface area contributed by atoms with Crippen molar-refractivity contribution in [3.05, 3.63) is 46.5 Å². The molecule has 0 aromatic heterocycles. The van der Waals surface area contributed by atoms with Gasteiger partial charge in [0.15, 0.2) is 6.61 Å². The Kier molecular flexibility index (Phi) is 8.56. The van der Waals surface area contributed by atoms with E-state index in [0.29, 0.717) is 6.07 Å². The van der Waals surface area contributed by atoms with Crippen molar-refractivity contribution in [2.45, 2.75) is 6.18 Å². The molecule has 0 heterocycles. The van der Waals surface area contributed by atoms with Crippen molar-refractivity contribution < 1.29 is 41.7 Å². The Morgan fingerprint density at radius 1 is 1.09 bits per heavy atom. The molecule has 0 saturated heterocycles. The van der Waals surface area contributed by atoms with Gasteiger partial charge in [-0.3, -0.25) is 4.79 Å². The molecule has 2 aromatic rings. The second kappa shape index (κ2) is 10.9. The van der Waals surface area contributed by atoms with Crippen LogP contribution in [0.5, 0.6) is 11.5 Å². The highest BCUT2D eigenvalue weighted by atomic mass is 35.5. The number of hydrogen-bond donors (Lipinski definition) is 2. The number of carbonyl (C=O) groups excluding carboxylic acids is 2. The largest absolute Gasteiger partial charge is 0.496 e. The highest BCUT2D eigenvalue weighted by Gasteiger charge is 2.31. The third kappa shape index (κ3) is 6.66. The molecule has 0 aliphatic carbocycles. The van der Waals surface area contributed by atoms with Crippen LogP contribution in [0.4, 0.5) is 24.5 Å². The molecule has 0 radical (unpaired) electrons. The van der Waals surface area contributed by atoms with E-state index in [2.05, 4.69) is 5.32 Å². The molecule has 0 aliphatic heterocycles. The molecule has 1 amide bonds. The van der Waals surface area contributed by atoms with E-state index in [-0.39, 0.29) is 46.7 Å². The Hall–Kier alpha value is -3.18. The van der Waals surface area contributed by atoms with Gasteiger partial charge in [0.05, 0.1) is 35.7 Å². The Labute approximate surface area is 186 Å². The first kappa shape index (κ1) is 25.1. The Morgan fingerprint density at radius 3 is 2.44 bits per heavy atom. The van der Waals surface area contributed by atoms with Crippen LogP contribution in [0.1, 0.15) is 15.9 Å². The SMILES string of the molecule is COCCOc1ccc(C(F)(F)F)cc1NC(=O)COC(=O)c1cc(Cl)c(N)cc1OC. The van der Waals surface area contributed by atoms with Crippen molar-refractivity contribution in [3.63, 3.8) is 0 Å². The monoisotopic (exact) mass is 476 g/mol. The minimum atomic E-state index is -4.64. The highest BCUT2D eigenvalue weighted by Crippen LogP contribution is 2.35. The summed E-state index contributed by atoms with van der Waals surface area (Å²) in [5.74, 6) is -1.78. The molecule has 0 saturated carbocycles. The maximum absolute atomic E-state index is 13.0. The van der Waals surface area contributed by atoms with E-state index in [4.69, 9.17) is 36.3 Å². The summed E-state index contributed by atoms with van der Waals surface area (Å²) in [5.41, 5.74) is 4.49. The molecule has 8 nitrogen and oxygen atoms in total. The number of methoxy groups -OCH3 is 2. The van der Waals surface area contributed by atoms with E-state index in [1.807, 2.05) is 0 Å². The van der Waals surface area contributed by atoms with Gasteiger partial charge in [0.2, 0.25) is 0 Å². The number of ether oxygens (including phenoxy) is 4. The molecular formula is C20H20ClF3N2O6. The van der Waals surface area contributed by atoms with Crippen LogP contribution in [0.15, 0.2) is 30.3 Å². The summed E-state index contributed by atoms with van der Waals surface area (Å²) in [6.45, 7) is -0.576. The zero-order valence-electron chi connectivity index (χ0n) is 17.0. The predicted octanol–water partition coefficient (Wildman–Crippen LogP) is 3.77. The first-order valence-corrected chi connectivity index (χ1v) is 9.37. The molecule has 0 unspecified atom stereocenters. The lowest BCUT2D eigenvalue weighted by atomic mass is 10.1. The summed E-state index contributed by atoms with van der Waals surface area (Å²) in [5, 5.41) is 2.32. The number of anilines is 2. The zero-order valence-corrected chi connectivity index (χ0v) is 17.8. The molecular weight excluding hydrogens is 457 g/mol. The van der Waals surface area contributed by atoms with Gasteiger partial charge in [-0.1, -0.05) is 11.6 Å². The maximum atomic E-state index is 13.0. The standard InChI is InChI=1S/C20H20ClF3N2O6/c1-29-5-6-31-16-4-3-11(20(22,23)24)7-15(16)26-18(27)10-32-19(28)12-8-13(21)14(25)9-17(12)30-2/h3-4,7-9H,5-6,10,25H2,1-2H3,(H,26,27). The number of alkyl halides is 3. The Bertz CT molecular complexity index is 985. The van der Waals surface area contributed by atoms with Crippen LogP contribution < -0.4 is 20.5 Å². The number of benzene rings is 2. The van der Waals surface area contributed by atoms with Crippen LogP contribution in [0, 0.1) is 0 Å². The summed E-state index contributed by atoms with van der Waals surface area (Å²) >= 11 is 5.90. The lowest BCUT2D eigenvalue weighted by Gasteiger charge is -2.15. The summed E-state index contributed by atoms with van der Waals surface area (Å²) in [7, 11) is 2.72. The van der Waals surface area contributed by atoms with Gasteiger partial charge in [-0.25, -0.2) is 4.79 Å². The second-order valence-corrected chi connectivity index (χ2v) is 6.66. The topological polar surface area (TPSA) is 109 Å². The van der Waals surface area contributed by atoms with Crippen molar-refractivity contribution in [1.29, 1.82) is 0 Å². The molecule has 0 aliphatic rings. The number of amides is 1. The van der Waals surface area contributed by atoms with E-state index in [1.165, 1.54) is 26.4 Å². The van der Waals surface area contributed by atoms with E-state index >= 15 is 0 Å². The summed E-state index contributed by atoms with van der Waals surface area (Å²) in [6, 6.07) is 5.12. The minimum absolute atomic E-state index is 0.0123. The zero-order chi connectivity index (χ0) is 23.9. The molecule has 0 bridgehead atoms. The molecule has 32 heavy (non-hydrogen) atoms. The first-order valence-electron chi connectivity index (χ1n) is 8.99. The fraction of sp³-hybridized carbons (Fsp3) is 0.300. The smallest absolute Gasteiger partial charge is 0.416 e. The van der Waals surface area contributed by atoms with Gasteiger partial charge in [-0.15, -0.1) is 0 Å². The van der Waals surface area contributed by atoms with Crippen molar-refractivity contribution >= 4 is 34.9 Å². The predicted molar refractivity (Wildman–Crippen MR) is 110 cm³/mol. The number of esters is 1. The molecule has 0 atom stereocenters.